The van der Waals surface area contributed by atoms with Gasteiger partial charge < -0.3 is 24.6 Å². The number of carbonyl (C=O) groups is 3. The molecular formula is C26H31N3O5. The first-order valence-corrected chi connectivity index (χ1v) is 11.7. The SMILES string of the molecule is COc1cccc(CNC(=O)[C@H]2CCCN2C(=O)[C@H]2CCCN2C(=O)c2cccc(OC)c2)c1. The van der Waals surface area contributed by atoms with Gasteiger partial charge in [-0.2, -0.15) is 0 Å². The molecule has 34 heavy (non-hydrogen) atoms. The highest BCUT2D eigenvalue weighted by Crippen LogP contribution is 2.27. The summed E-state index contributed by atoms with van der Waals surface area (Å²) in [7, 11) is 3.16. The summed E-state index contributed by atoms with van der Waals surface area (Å²) in [5.74, 6) is 0.824. The molecule has 8 heteroatoms. The molecule has 0 aliphatic carbocycles. The zero-order valence-electron chi connectivity index (χ0n) is 19.7. The molecule has 8 nitrogen and oxygen atoms in total. The van der Waals surface area contributed by atoms with Crippen molar-refractivity contribution in [1.82, 2.24) is 15.1 Å². The van der Waals surface area contributed by atoms with E-state index in [2.05, 4.69) is 5.32 Å². The minimum Gasteiger partial charge on any atom is -0.497 e. The zero-order chi connectivity index (χ0) is 24.1. The molecular weight excluding hydrogens is 434 g/mol. The highest BCUT2D eigenvalue weighted by molar-refractivity contribution is 5.99. The first-order chi connectivity index (χ1) is 16.5. The molecule has 3 amide bonds. The molecule has 2 aliphatic heterocycles. The number of nitrogens with one attached hydrogen (secondary N) is 1. The van der Waals surface area contributed by atoms with Crippen LogP contribution in [0.3, 0.4) is 0 Å². The van der Waals surface area contributed by atoms with Gasteiger partial charge in [0.2, 0.25) is 11.8 Å². The molecule has 2 aliphatic rings. The van der Waals surface area contributed by atoms with E-state index in [0.717, 1.165) is 24.2 Å². The smallest absolute Gasteiger partial charge is 0.254 e. The minimum absolute atomic E-state index is 0.146. The number of rotatable bonds is 7. The van der Waals surface area contributed by atoms with Gasteiger partial charge >= 0.3 is 0 Å². The Labute approximate surface area is 199 Å². The molecule has 0 bridgehead atoms. The molecule has 0 spiro atoms. The summed E-state index contributed by atoms with van der Waals surface area (Å²) in [6.07, 6.45) is 2.74. The largest absolute Gasteiger partial charge is 0.497 e. The fraction of sp³-hybridized carbons (Fsp3) is 0.423. The predicted molar refractivity (Wildman–Crippen MR) is 127 cm³/mol. The second-order valence-electron chi connectivity index (χ2n) is 8.65. The quantitative estimate of drug-likeness (QED) is 0.679. The Hall–Kier alpha value is -3.55. The molecule has 0 aromatic heterocycles. The summed E-state index contributed by atoms with van der Waals surface area (Å²) in [4.78, 5) is 43.0. The average Bonchev–Trinajstić information content (AvgIpc) is 3.57. The lowest BCUT2D eigenvalue weighted by Gasteiger charge is -2.31. The van der Waals surface area contributed by atoms with Crippen molar-refractivity contribution in [2.45, 2.75) is 44.3 Å². The van der Waals surface area contributed by atoms with Crippen molar-refractivity contribution in [3.8, 4) is 11.5 Å². The van der Waals surface area contributed by atoms with Crippen LogP contribution in [0.2, 0.25) is 0 Å². The molecule has 2 atom stereocenters. The van der Waals surface area contributed by atoms with Crippen molar-refractivity contribution >= 4 is 17.7 Å². The van der Waals surface area contributed by atoms with E-state index in [9.17, 15) is 14.4 Å². The van der Waals surface area contributed by atoms with Crippen molar-refractivity contribution in [1.29, 1.82) is 0 Å². The number of amides is 3. The summed E-state index contributed by atoms with van der Waals surface area (Å²) in [6, 6.07) is 13.4. The van der Waals surface area contributed by atoms with E-state index < -0.39 is 12.1 Å². The second kappa shape index (κ2) is 10.6. The van der Waals surface area contributed by atoms with Crippen molar-refractivity contribution in [3.05, 3.63) is 59.7 Å². The summed E-state index contributed by atoms with van der Waals surface area (Å²) in [5.41, 5.74) is 1.42. The third-order valence-electron chi connectivity index (χ3n) is 6.55. The maximum Gasteiger partial charge on any atom is 0.254 e. The molecule has 2 saturated heterocycles. The van der Waals surface area contributed by atoms with Crippen LogP contribution in [0.15, 0.2) is 48.5 Å². The fourth-order valence-corrected chi connectivity index (χ4v) is 4.77. The maximum absolute atomic E-state index is 13.5. The summed E-state index contributed by atoms with van der Waals surface area (Å²) in [5, 5.41) is 2.96. The summed E-state index contributed by atoms with van der Waals surface area (Å²) >= 11 is 0. The van der Waals surface area contributed by atoms with Crippen molar-refractivity contribution in [2.24, 2.45) is 0 Å². The molecule has 180 valence electrons. The maximum atomic E-state index is 13.5. The molecule has 2 aromatic rings. The van der Waals surface area contributed by atoms with E-state index >= 15 is 0 Å². The van der Waals surface area contributed by atoms with Gasteiger partial charge in [-0.3, -0.25) is 14.4 Å². The number of methoxy groups -OCH3 is 2. The lowest BCUT2D eigenvalue weighted by atomic mass is 10.1. The van der Waals surface area contributed by atoms with Gasteiger partial charge in [-0.1, -0.05) is 18.2 Å². The monoisotopic (exact) mass is 465 g/mol. The molecule has 4 rings (SSSR count). The van der Waals surface area contributed by atoms with Crippen LogP contribution in [-0.2, 0) is 16.1 Å². The summed E-state index contributed by atoms with van der Waals surface area (Å²) < 4.78 is 10.5. The van der Waals surface area contributed by atoms with E-state index in [1.54, 1.807) is 48.3 Å². The van der Waals surface area contributed by atoms with Gasteiger partial charge in [0.15, 0.2) is 0 Å². The van der Waals surface area contributed by atoms with Crippen LogP contribution in [0.5, 0.6) is 11.5 Å². The van der Waals surface area contributed by atoms with Crippen LogP contribution >= 0.6 is 0 Å². The number of benzene rings is 2. The van der Waals surface area contributed by atoms with Crippen LogP contribution in [-0.4, -0.2) is 66.9 Å². The van der Waals surface area contributed by atoms with Gasteiger partial charge in [-0.25, -0.2) is 0 Å². The number of hydrogen-bond acceptors (Lipinski definition) is 5. The van der Waals surface area contributed by atoms with Gasteiger partial charge in [0.05, 0.1) is 14.2 Å². The normalized spacial score (nSPS) is 19.7. The Morgan fingerprint density at radius 2 is 1.53 bits per heavy atom. The first-order valence-electron chi connectivity index (χ1n) is 11.7. The fourth-order valence-electron chi connectivity index (χ4n) is 4.77. The number of nitrogens with zero attached hydrogens (tertiary/aromatic N) is 2. The average molecular weight is 466 g/mol. The molecule has 0 radical (unpaired) electrons. The molecule has 0 unspecified atom stereocenters. The Morgan fingerprint density at radius 3 is 2.26 bits per heavy atom. The van der Waals surface area contributed by atoms with E-state index in [0.29, 0.717) is 43.8 Å². The molecule has 1 N–H and O–H groups in total. The third-order valence-corrected chi connectivity index (χ3v) is 6.55. The van der Waals surface area contributed by atoms with Crippen LogP contribution in [0, 0.1) is 0 Å². The minimum atomic E-state index is -0.550. The van der Waals surface area contributed by atoms with Gasteiger partial charge in [-0.05, 0) is 61.6 Å². The van der Waals surface area contributed by atoms with Crippen molar-refractivity contribution in [2.75, 3.05) is 27.3 Å². The number of carbonyl (C=O) groups excluding carboxylic acids is 3. The second-order valence-corrected chi connectivity index (χ2v) is 8.65. The lowest BCUT2D eigenvalue weighted by Crippen LogP contribution is -2.52. The highest BCUT2D eigenvalue weighted by Gasteiger charge is 2.42. The third kappa shape index (κ3) is 5.00. The van der Waals surface area contributed by atoms with Gasteiger partial charge in [0, 0.05) is 25.2 Å². The molecule has 0 saturated carbocycles. The Morgan fingerprint density at radius 1 is 0.882 bits per heavy atom. The molecule has 2 aromatic carbocycles. The Balaban J connectivity index is 1.42. The number of ether oxygens (including phenoxy) is 2. The van der Waals surface area contributed by atoms with Crippen LogP contribution in [0.1, 0.15) is 41.6 Å². The van der Waals surface area contributed by atoms with Crippen molar-refractivity contribution < 1.29 is 23.9 Å². The highest BCUT2D eigenvalue weighted by atomic mass is 16.5. The number of likely N-dealkylation sites (tertiary alicyclic amines) is 2. The Bertz CT molecular complexity index is 1060. The van der Waals surface area contributed by atoms with Crippen LogP contribution in [0.25, 0.3) is 0 Å². The van der Waals surface area contributed by atoms with Gasteiger partial charge in [-0.15, -0.1) is 0 Å². The molecule has 2 fully saturated rings. The van der Waals surface area contributed by atoms with Gasteiger partial charge in [0.25, 0.3) is 5.91 Å². The predicted octanol–water partition coefficient (Wildman–Crippen LogP) is 2.62. The van der Waals surface area contributed by atoms with Gasteiger partial charge in [0.1, 0.15) is 23.6 Å². The van der Waals surface area contributed by atoms with E-state index in [1.807, 2.05) is 24.3 Å². The van der Waals surface area contributed by atoms with Crippen LogP contribution in [0.4, 0.5) is 0 Å². The standard InChI is InChI=1S/C26H31N3O5/c1-33-20-9-3-7-18(15-20)17-27-24(30)22-11-5-13-28(22)26(32)23-12-6-14-29(23)25(31)19-8-4-10-21(16-19)34-2/h3-4,7-10,15-16,22-23H,5-6,11-14,17H2,1-2H3,(H,27,30)/t22-,23-/m1/s1. The van der Waals surface area contributed by atoms with E-state index in [1.165, 1.54) is 0 Å². The summed E-state index contributed by atoms with van der Waals surface area (Å²) in [6.45, 7) is 1.40. The van der Waals surface area contributed by atoms with E-state index in [-0.39, 0.29) is 17.7 Å². The zero-order valence-corrected chi connectivity index (χ0v) is 19.7. The first kappa shape index (κ1) is 23.6. The van der Waals surface area contributed by atoms with Crippen molar-refractivity contribution in [3.63, 3.8) is 0 Å². The lowest BCUT2D eigenvalue weighted by molar-refractivity contribution is -0.141. The molecule has 2 heterocycles. The van der Waals surface area contributed by atoms with Crippen LogP contribution < -0.4 is 14.8 Å². The topological polar surface area (TPSA) is 88.2 Å². The number of hydrogen-bond donors (Lipinski definition) is 1. The Kier molecular flexibility index (Phi) is 7.35. The van der Waals surface area contributed by atoms with E-state index in [4.69, 9.17) is 9.47 Å².